The summed E-state index contributed by atoms with van der Waals surface area (Å²) in [5.74, 6) is 0.559. The van der Waals surface area contributed by atoms with Crippen LogP contribution in [0.2, 0.25) is 0 Å². The van der Waals surface area contributed by atoms with E-state index in [0.717, 1.165) is 30.3 Å². The molecule has 36 heavy (non-hydrogen) atoms. The Balaban J connectivity index is 1.51. The number of aryl methyl sites for hydroxylation is 1. The summed E-state index contributed by atoms with van der Waals surface area (Å²) in [6.45, 7) is 0. The zero-order chi connectivity index (χ0) is 25.9. The number of hydrogen-bond acceptors (Lipinski definition) is 6. The van der Waals surface area contributed by atoms with Crippen molar-refractivity contribution in [3.05, 3.63) is 89.0 Å². The van der Waals surface area contributed by atoms with Gasteiger partial charge >= 0.3 is 12.2 Å². The van der Waals surface area contributed by atoms with Gasteiger partial charge in [-0.15, -0.1) is 0 Å². The number of imidazole rings is 1. The molecule has 0 aliphatic rings. The van der Waals surface area contributed by atoms with Crippen molar-refractivity contribution < 1.29 is 27.6 Å². The smallest absolute Gasteiger partial charge is 0.416 e. The molecule has 2 aromatic heterocycles. The summed E-state index contributed by atoms with van der Waals surface area (Å²) in [6, 6.07) is 9.84. The molecule has 0 unspecified atom stereocenters. The summed E-state index contributed by atoms with van der Waals surface area (Å²) in [4.78, 5) is 31.6. The number of anilines is 2. The minimum Gasteiger partial charge on any atom is -0.457 e. The second-order valence-corrected chi connectivity index (χ2v) is 7.49. The van der Waals surface area contributed by atoms with E-state index in [-0.39, 0.29) is 17.1 Å². The molecule has 0 spiro atoms. The van der Waals surface area contributed by atoms with E-state index in [1.165, 1.54) is 18.3 Å². The maximum atomic E-state index is 12.7. The topological polar surface area (TPSA) is 124 Å². The van der Waals surface area contributed by atoms with E-state index >= 15 is 0 Å². The van der Waals surface area contributed by atoms with Crippen molar-refractivity contribution in [1.82, 2.24) is 14.5 Å². The van der Waals surface area contributed by atoms with E-state index in [0.29, 0.717) is 17.1 Å². The molecule has 0 fully saturated rings. The van der Waals surface area contributed by atoms with E-state index in [4.69, 9.17) is 4.74 Å². The molecule has 0 radical (unpaired) electrons. The molecular formula is C23H17F3N6O4. The van der Waals surface area contributed by atoms with Gasteiger partial charge < -0.3 is 19.9 Å². The maximum absolute atomic E-state index is 12.7. The summed E-state index contributed by atoms with van der Waals surface area (Å²) in [7, 11) is 1.82. The van der Waals surface area contributed by atoms with Gasteiger partial charge in [0.05, 0.1) is 22.5 Å². The Morgan fingerprint density at radius 2 is 1.72 bits per heavy atom. The van der Waals surface area contributed by atoms with Crippen LogP contribution in [0.1, 0.15) is 5.56 Å². The lowest BCUT2D eigenvalue weighted by Gasteiger charge is -2.12. The highest BCUT2D eigenvalue weighted by Crippen LogP contribution is 2.33. The molecule has 4 rings (SSSR count). The average Bonchev–Trinajstić information content (AvgIpc) is 3.25. The third kappa shape index (κ3) is 5.75. The summed E-state index contributed by atoms with van der Waals surface area (Å²) in [5, 5.41) is 16.1. The van der Waals surface area contributed by atoms with Crippen molar-refractivity contribution >= 4 is 23.1 Å². The van der Waals surface area contributed by atoms with Gasteiger partial charge in [-0.25, -0.2) is 9.78 Å². The largest absolute Gasteiger partial charge is 0.457 e. The SMILES string of the molecule is Cn1cnc(-c2cc(Oc3ccc([N+](=O)[O-])c(NC(=O)Nc4ccc(C(F)(F)F)cc4)c3)ccn2)c1. The van der Waals surface area contributed by atoms with Crippen LogP contribution < -0.4 is 15.4 Å². The van der Waals surface area contributed by atoms with Gasteiger partial charge in [-0.2, -0.15) is 13.2 Å². The zero-order valence-corrected chi connectivity index (χ0v) is 18.5. The molecule has 184 valence electrons. The number of aromatic nitrogens is 3. The Labute approximate surface area is 201 Å². The number of hydrogen-bond donors (Lipinski definition) is 2. The van der Waals surface area contributed by atoms with Gasteiger partial charge in [0.2, 0.25) is 0 Å². The number of rotatable bonds is 6. The van der Waals surface area contributed by atoms with E-state index in [9.17, 15) is 28.1 Å². The Kier molecular flexibility index (Phi) is 6.54. The lowest BCUT2D eigenvalue weighted by atomic mass is 10.2. The van der Waals surface area contributed by atoms with E-state index in [2.05, 4.69) is 20.6 Å². The number of carbonyl (C=O) groups excluding carboxylic acids is 1. The standard InChI is InChI=1S/C23H17F3N6O4/c1-31-12-20(28-13-31)18-10-17(8-9-27-18)36-16-6-7-21(32(34)35)19(11-16)30-22(33)29-15-4-2-14(3-5-15)23(24,25)26/h2-13H,1H3,(H2,29,30,33). The Morgan fingerprint density at radius 3 is 2.36 bits per heavy atom. The van der Waals surface area contributed by atoms with Crippen molar-refractivity contribution in [2.75, 3.05) is 10.6 Å². The van der Waals surface area contributed by atoms with E-state index in [1.807, 2.05) is 7.05 Å². The van der Waals surface area contributed by atoms with Crippen LogP contribution >= 0.6 is 0 Å². The fraction of sp³-hybridized carbons (Fsp3) is 0.0870. The number of nitro benzene ring substituents is 1. The Hall–Kier alpha value is -4.94. The molecule has 2 amide bonds. The first-order valence-corrected chi connectivity index (χ1v) is 10.2. The molecule has 2 aromatic carbocycles. The van der Waals surface area contributed by atoms with E-state index in [1.54, 1.807) is 29.2 Å². The lowest BCUT2D eigenvalue weighted by molar-refractivity contribution is -0.383. The van der Waals surface area contributed by atoms with Crippen molar-refractivity contribution in [2.24, 2.45) is 7.05 Å². The monoisotopic (exact) mass is 498 g/mol. The molecule has 0 bridgehead atoms. The van der Waals surface area contributed by atoms with Crippen LogP contribution in [0.15, 0.2) is 73.3 Å². The number of ether oxygens (including phenoxy) is 1. The average molecular weight is 498 g/mol. The number of benzene rings is 2. The minimum absolute atomic E-state index is 0.0643. The highest BCUT2D eigenvalue weighted by atomic mass is 19.4. The summed E-state index contributed by atoms with van der Waals surface area (Å²) in [5.41, 5.74) is -0.237. The van der Waals surface area contributed by atoms with Gasteiger partial charge in [0.15, 0.2) is 0 Å². The fourth-order valence-corrected chi connectivity index (χ4v) is 3.16. The first kappa shape index (κ1) is 24.2. The number of amides is 2. The number of nitrogens with zero attached hydrogens (tertiary/aromatic N) is 4. The van der Waals surface area contributed by atoms with E-state index < -0.39 is 28.4 Å². The predicted molar refractivity (Wildman–Crippen MR) is 124 cm³/mol. The van der Waals surface area contributed by atoms with Crippen LogP contribution in [0.25, 0.3) is 11.4 Å². The minimum atomic E-state index is -4.52. The number of halogens is 3. The summed E-state index contributed by atoms with van der Waals surface area (Å²) in [6.07, 6.45) is 0.389. The number of alkyl halides is 3. The van der Waals surface area contributed by atoms with Crippen LogP contribution in [0.3, 0.4) is 0 Å². The van der Waals surface area contributed by atoms with Crippen LogP contribution in [0, 0.1) is 10.1 Å². The molecule has 0 aliphatic carbocycles. The predicted octanol–water partition coefficient (Wildman–Crippen LogP) is 5.85. The van der Waals surface area contributed by atoms with Crippen molar-refractivity contribution in [1.29, 1.82) is 0 Å². The molecule has 0 aliphatic heterocycles. The quantitative estimate of drug-likeness (QED) is 0.254. The van der Waals surface area contributed by atoms with Crippen molar-refractivity contribution in [2.45, 2.75) is 6.18 Å². The molecular weight excluding hydrogens is 481 g/mol. The molecule has 0 atom stereocenters. The third-order valence-corrected chi connectivity index (χ3v) is 4.82. The third-order valence-electron chi connectivity index (χ3n) is 4.82. The summed E-state index contributed by atoms with van der Waals surface area (Å²) >= 11 is 0. The fourth-order valence-electron chi connectivity index (χ4n) is 3.16. The number of nitrogens with one attached hydrogen (secondary N) is 2. The Morgan fingerprint density at radius 1 is 1.00 bits per heavy atom. The molecule has 4 aromatic rings. The Bertz CT molecular complexity index is 1420. The maximum Gasteiger partial charge on any atom is 0.416 e. The van der Waals surface area contributed by atoms with Gasteiger partial charge in [0.25, 0.3) is 5.69 Å². The van der Waals surface area contributed by atoms with Crippen LogP contribution in [0.4, 0.5) is 35.0 Å². The van der Waals surface area contributed by atoms with Gasteiger partial charge in [0.1, 0.15) is 22.9 Å². The molecule has 2 N–H and O–H groups in total. The van der Waals surface area contributed by atoms with Crippen molar-refractivity contribution in [3.63, 3.8) is 0 Å². The molecule has 0 saturated heterocycles. The second kappa shape index (κ2) is 9.74. The molecule has 2 heterocycles. The zero-order valence-electron chi connectivity index (χ0n) is 18.5. The normalized spacial score (nSPS) is 11.1. The number of carbonyl (C=O) groups is 1. The molecule has 10 nitrogen and oxygen atoms in total. The van der Waals surface area contributed by atoms with Gasteiger partial charge in [-0.05, 0) is 36.4 Å². The van der Waals surface area contributed by atoms with Gasteiger partial charge in [0, 0.05) is 43.3 Å². The first-order valence-electron chi connectivity index (χ1n) is 10.2. The lowest BCUT2D eigenvalue weighted by Crippen LogP contribution is -2.20. The van der Waals surface area contributed by atoms with Crippen LogP contribution in [-0.2, 0) is 13.2 Å². The van der Waals surface area contributed by atoms with Gasteiger partial charge in [-0.1, -0.05) is 0 Å². The van der Waals surface area contributed by atoms with Gasteiger partial charge in [-0.3, -0.25) is 15.1 Å². The highest BCUT2D eigenvalue weighted by molar-refractivity contribution is 6.01. The number of pyridine rings is 1. The molecule has 13 heteroatoms. The van der Waals surface area contributed by atoms with Crippen LogP contribution in [-0.4, -0.2) is 25.5 Å². The summed E-state index contributed by atoms with van der Waals surface area (Å²) < 4.78 is 45.7. The number of nitro groups is 1. The number of urea groups is 1. The highest BCUT2D eigenvalue weighted by Gasteiger charge is 2.30. The van der Waals surface area contributed by atoms with Crippen molar-refractivity contribution in [3.8, 4) is 22.9 Å². The second-order valence-electron chi connectivity index (χ2n) is 7.49. The van der Waals surface area contributed by atoms with Crippen LogP contribution in [0.5, 0.6) is 11.5 Å². The first-order chi connectivity index (χ1) is 17.1. The molecule has 0 saturated carbocycles.